The lowest BCUT2D eigenvalue weighted by Gasteiger charge is -2.10. The smallest absolute Gasteiger partial charge is 0.336 e. The Balaban J connectivity index is 1.98. The molecule has 0 aliphatic rings. The summed E-state index contributed by atoms with van der Waals surface area (Å²) < 4.78 is 31.8. The number of carbonyl (C=O) groups is 3. The summed E-state index contributed by atoms with van der Waals surface area (Å²) in [4.78, 5) is 34.3. The van der Waals surface area contributed by atoms with Crippen molar-refractivity contribution in [3.8, 4) is 5.75 Å². The fraction of sp³-hybridized carbons (Fsp3) is 0. The molecule has 0 atom stereocenters. The number of phenolic OH excluding ortho intramolecular Hbond substituents is 1. The summed E-state index contributed by atoms with van der Waals surface area (Å²) in [5, 5.41) is 31.1. The van der Waals surface area contributed by atoms with Gasteiger partial charge in [0.25, 0.3) is 16.0 Å². The molecule has 0 aliphatic carbocycles. The van der Waals surface area contributed by atoms with Crippen molar-refractivity contribution in [3.05, 3.63) is 65.2 Å². The fourth-order valence-corrected chi connectivity index (χ4v) is 3.34. The monoisotopic (exact) mass is 431 g/mol. The number of nitrogens with one attached hydrogen (secondary N) is 1. The van der Waals surface area contributed by atoms with Crippen LogP contribution in [0.2, 0.25) is 0 Å². The fourth-order valence-electron chi connectivity index (χ4n) is 2.80. The summed E-state index contributed by atoms with van der Waals surface area (Å²) in [7, 11) is -4.57. The first-order valence-corrected chi connectivity index (χ1v) is 9.57. The van der Waals surface area contributed by atoms with Gasteiger partial charge in [0.15, 0.2) is 0 Å². The Morgan fingerprint density at radius 2 is 1.50 bits per heavy atom. The third-order valence-electron chi connectivity index (χ3n) is 4.20. The second-order valence-electron chi connectivity index (χ2n) is 6.18. The number of aromatic hydroxyl groups is 1. The summed E-state index contributed by atoms with van der Waals surface area (Å²) in [6.45, 7) is 0. The minimum absolute atomic E-state index is 0.118. The molecule has 3 rings (SSSR count). The maximum Gasteiger partial charge on any atom is 0.336 e. The third kappa shape index (κ3) is 4.06. The first kappa shape index (κ1) is 20.8. The maximum absolute atomic E-state index is 12.5. The molecular weight excluding hydrogens is 418 g/mol. The molecule has 0 aromatic heterocycles. The Morgan fingerprint density at radius 3 is 2.10 bits per heavy atom. The number of anilines is 1. The first-order chi connectivity index (χ1) is 14.0. The van der Waals surface area contributed by atoms with Crippen LogP contribution < -0.4 is 5.32 Å². The molecule has 30 heavy (non-hydrogen) atoms. The Morgan fingerprint density at radius 1 is 0.833 bits per heavy atom. The van der Waals surface area contributed by atoms with Crippen LogP contribution in [-0.4, -0.2) is 46.1 Å². The normalized spacial score (nSPS) is 11.2. The molecule has 0 spiro atoms. The number of benzene rings is 3. The lowest BCUT2D eigenvalue weighted by Crippen LogP contribution is -2.15. The zero-order valence-corrected chi connectivity index (χ0v) is 15.7. The highest BCUT2D eigenvalue weighted by molar-refractivity contribution is 7.85. The largest absolute Gasteiger partial charge is 0.507 e. The van der Waals surface area contributed by atoms with E-state index in [-0.39, 0.29) is 22.0 Å². The minimum atomic E-state index is -4.57. The topological polar surface area (TPSA) is 178 Å². The molecule has 0 aliphatic heterocycles. The lowest BCUT2D eigenvalue weighted by molar-refractivity contribution is 0.0651. The quantitative estimate of drug-likeness (QED) is 0.379. The molecule has 0 bridgehead atoms. The number of phenols is 1. The molecule has 11 heteroatoms. The van der Waals surface area contributed by atoms with Crippen molar-refractivity contribution in [2.75, 3.05) is 5.32 Å². The standard InChI is InChI=1S/C19H13NO9S/c21-16-8-12(30(27,28)29)6-10-5-11(2-4-13(10)16)20-17(22)9-1-3-14(18(23)24)15(7-9)19(25)26/h1-8,21H,(H,20,22)(H,23,24)(H,25,26)(H,27,28,29). The van der Waals surface area contributed by atoms with Gasteiger partial charge < -0.3 is 20.6 Å². The second kappa shape index (κ2) is 7.46. The van der Waals surface area contributed by atoms with E-state index in [0.717, 1.165) is 30.3 Å². The molecule has 3 aromatic rings. The van der Waals surface area contributed by atoms with Gasteiger partial charge in [0.05, 0.1) is 16.0 Å². The highest BCUT2D eigenvalue weighted by atomic mass is 32.2. The molecule has 0 saturated heterocycles. The number of carboxylic acids is 2. The molecule has 0 saturated carbocycles. The van der Waals surface area contributed by atoms with Crippen molar-refractivity contribution in [1.82, 2.24) is 0 Å². The van der Waals surface area contributed by atoms with Gasteiger partial charge in [-0.2, -0.15) is 8.42 Å². The summed E-state index contributed by atoms with van der Waals surface area (Å²) in [5.74, 6) is -4.11. The number of aromatic carboxylic acids is 2. The van der Waals surface area contributed by atoms with Crippen LogP contribution in [0.3, 0.4) is 0 Å². The van der Waals surface area contributed by atoms with Crippen LogP contribution in [0.1, 0.15) is 31.1 Å². The first-order valence-electron chi connectivity index (χ1n) is 8.13. The van der Waals surface area contributed by atoms with Crippen molar-refractivity contribution >= 4 is 44.4 Å². The van der Waals surface area contributed by atoms with Crippen LogP contribution >= 0.6 is 0 Å². The number of carbonyl (C=O) groups excluding carboxylic acids is 1. The Hall–Kier alpha value is -3.96. The van der Waals surface area contributed by atoms with Crippen LogP contribution in [0, 0.1) is 0 Å². The highest BCUT2D eigenvalue weighted by Crippen LogP contribution is 2.30. The van der Waals surface area contributed by atoms with E-state index in [0.29, 0.717) is 0 Å². The van der Waals surface area contributed by atoms with Crippen molar-refractivity contribution in [2.24, 2.45) is 0 Å². The molecule has 5 N–H and O–H groups in total. The van der Waals surface area contributed by atoms with E-state index in [4.69, 9.17) is 10.2 Å². The highest BCUT2D eigenvalue weighted by Gasteiger charge is 2.19. The van der Waals surface area contributed by atoms with Gasteiger partial charge >= 0.3 is 11.9 Å². The maximum atomic E-state index is 12.5. The molecule has 3 aromatic carbocycles. The average Bonchev–Trinajstić information content (AvgIpc) is 2.66. The lowest BCUT2D eigenvalue weighted by atomic mass is 10.0. The second-order valence-corrected chi connectivity index (χ2v) is 7.60. The van der Waals surface area contributed by atoms with E-state index in [1.54, 1.807) is 0 Å². The van der Waals surface area contributed by atoms with Gasteiger partial charge in [-0.25, -0.2) is 9.59 Å². The summed E-state index contributed by atoms with van der Waals surface area (Å²) in [5.41, 5.74) is -0.972. The van der Waals surface area contributed by atoms with Crippen molar-refractivity contribution < 1.29 is 42.7 Å². The van der Waals surface area contributed by atoms with Gasteiger partial charge in [-0.05, 0) is 47.9 Å². The van der Waals surface area contributed by atoms with Crippen molar-refractivity contribution in [1.29, 1.82) is 0 Å². The number of hydrogen-bond acceptors (Lipinski definition) is 6. The molecule has 0 heterocycles. The molecular formula is C19H13NO9S. The van der Waals surface area contributed by atoms with Crippen LogP contribution in [0.25, 0.3) is 10.8 Å². The number of hydrogen-bond donors (Lipinski definition) is 5. The molecule has 0 fully saturated rings. The number of rotatable bonds is 5. The van der Waals surface area contributed by atoms with Crippen LogP contribution in [-0.2, 0) is 10.1 Å². The molecule has 154 valence electrons. The molecule has 0 unspecified atom stereocenters. The van der Waals surface area contributed by atoms with Gasteiger partial charge in [0.2, 0.25) is 0 Å². The van der Waals surface area contributed by atoms with Gasteiger partial charge in [-0.1, -0.05) is 0 Å². The van der Waals surface area contributed by atoms with Crippen LogP contribution in [0.5, 0.6) is 5.75 Å². The Kier molecular flexibility index (Phi) is 5.16. The van der Waals surface area contributed by atoms with E-state index >= 15 is 0 Å². The summed E-state index contributed by atoms with van der Waals surface area (Å²) >= 11 is 0. The molecule has 0 radical (unpaired) electrons. The predicted molar refractivity (Wildman–Crippen MR) is 104 cm³/mol. The molecule has 1 amide bonds. The number of carboxylic acid groups (broad SMARTS) is 2. The van der Waals surface area contributed by atoms with Gasteiger partial charge in [-0.3, -0.25) is 9.35 Å². The third-order valence-corrected chi connectivity index (χ3v) is 5.03. The summed E-state index contributed by atoms with van der Waals surface area (Å²) in [6.07, 6.45) is 0. The van der Waals surface area contributed by atoms with E-state index in [1.165, 1.54) is 18.2 Å². The van der Waals surface area contributed by atoms with Gasteiger partial charge in [0, 0.05) is 22.7 Å². The van der Waals surface area contributed by atoms with Crippen molar-refractivity contribution in [3.63, 3.8) is 0 Å². The summed E-state index contributed by atoms with van der Waals surface area (Å²) in [6, 6.07) is 9.21. The molecule has 10 nitrogen and oxygen atoms in total. The Labute approximate surface area is 168 Å². The number of amides is 1. The average molecular weight is 431 g/mol. The predicted octanol–water partition coefficient (Wildman–Crippen LogP) is 2.44. The van der Waals surface area contributed by atoms with Crippen molar-refractivity contribution in [2.45, 2.75) is 4.90 Å². The number of fused-ring (bicyclic) bond motifs is 1. The van der Waals surface area contributed by atoms with Crippen LogP contribution in [0.4, 0.5) is 5.69 Å². The van der Waals surface area contributed by atoms with E-state index in [9.17, 15) is 32.5 Å². The van der Waals surface area contributed by atoms with E-state index in [1.807, 2.05) is 0 Å². The zero-order chi connectivity index (χ0) is 22.2. The van der Waals surface area contributed by atoms with E-state index in [2.05, 4.69) is 5.32 Å². The van der Waals surface area contributed by atoms with E-state index < -0.39 is 49.7 Å². The SMILES string of the molecule is O=C(Nc1ccc2c(O)cc(S(=O)(=O)O)cc2c1)c1ccc(C(=O)O)c(C(=O)O)c1. The zero-order valence-electron chi connectivity index (χ0n) is 14.9. The van der Waals surface area contributed by atoms with Gasteiger partial charge in [0.1, 0.15) is 5.75 Å². The van der Waals surface area contributed by atoms with Gasteiger partial charge in [-0.15, -0.1) is 0 Å². The van der Waals surface area contributed by atoms with Crippen LogP contribution in [0.15, 0.2) is 53.4 Å². The Bertz CT molecular complexity index is 1330. The minimum Gasteiger partial charge on any atom is -0.507 e.